The van der Waals surface area contributed by atoms with Crippen LogP contribution in [0.2, 0.25) is 0 Å². The summed E-state index contributed by atoms with van der Waals surface area (Å²) in [6, 6.07) is 8.36. The SMILES string of the molecule is CC(C)Cc1cc(=S)nc(Cc2ccc(F)cc2)[nH]1. The van der Waals surface area contributed by atoms with E-state index in [4.69, 9.17) is 12.2 Å². The Morgan fingerprint density at radius 3 is 2.58 bits per heavy atom. The van der Waals surface area contributed by atoms with Gasteiger partial charge in [-0.25, -0.2) is 9.37 Å². The second-order valence-electron chi connectivity index (χ2n) is 5.09. The molecule has 0 unspecified atom stereocenters. The minimum atomic E-state index is -0.224. The molecule has 2 rings (SSSR count). The molecule has 0 fully saturated rings. The highest BCUT2D eigenvalue weighted by Gasteiger charge is 2.03. The fourth-order valence-electron chi connectivity index (χ4n) is 1.99. The van der Waals surface area contributed by atoms with Gasteiger partial charge in [0.25, 0.3) is 0 Å². The number of H-pyrrole nitrogens is 1. The van der Waals surface area contributed by atoms with E-state index in [0.29, 0.717) is 17.0 Å². The molecule has 1 aromatic carbocycles. The van der Waals surface area contributed by atoms with Crippen LogP contribution in [0, 0.1) is 16.4 Å². The molecule has 0 amide bonds. The van der Waals surface area contributed by atoms with Gasteiger partial charge in [-0.2, -0.15) is 0 Å². The maximum atomic E-state index is 12.9. The van der Waals surface area contributed by atoms with Crippen molar-refractivity contribution in [3.63, 3.8) is 0 Å². The number of hydrogen-bond acceptors (Lipinski definition) is 2. The number of hydrogen-bond donors (Lipinski definition) is 1. The Balaban J connectivity index is 2.22. The largest absolute Gasteiger partial charge is 0.347 e. The van der Waals surface area contributed by atoms with Gasteiger partial charge in [-0.05, 0) is 36.1 Å². The first-order valence-corrected chi connectivity index (χ1v) is 6.77. The summed E-state index contributed by atoms with van der Waals surface area (Å²) >= 11 is 5.19. The van der Waals surface area contributed by atoms with Crippen LogP contribution in [0.25, 0.3) is 0 Å². The molecule has 0 bridgehead atoms. The lowest BCUT2D eigenvalue weighted by Gasteiger charge is -2.08. The van der Waals surface area contributed by atoms with E-state index in [2.05, 4.69) is 23.8 Å². The van der Waals surface area contributed by atoms with E-state index in [-0.39, 0.29) is 5.82 Å². The zero-order valence-electron chi connectivity index (χ0n) is 11.1. The first-order valence-electron chi connectivity index (χ1n) is 6.36. The highest BCUT2D eigenvalue weighted by Crippen LogP contribution is 2.10. The predicted molar refractivity (Wildman–Crippen MR) is 77.2 cm³/mol. The maximum absolute atomic E-state index is 12.9. The molecule has 100 valence electrons. The lowest BCUT2D eigenvalue weighted by molar-refractivity contribution is 0.626. The highest BCUT2D eigenvalue weighted by atomic mass is 32.1. The van der Waals surface area contributed by atoms with E-state index in [9.17, 15) is 4.39 Å². The van der Waals surface area contributed by atoms with Crippen molar-refractivity contribution in [3.05, 3.63) is 57.9 Å². The third-order valence-electron chi connectivity index (χ3n) is 2.76. The number of aromatic nitrogens is 2. The molecule has 0 aliphatic rings. The quantitative estimate of drug-likeness (QED) is 0.853. The molecule has 1 heterocycles. The molecule has 0 spiro atoms. The average Bonchev–Trinajstić information content (AvgIpc) is 2.30. The van der Waals surface area contributed by atoms with E-state index >= 15 is 0 Å². The van der Waals surface area contributed by atoms with E-state index in [1.54, 1.807) is 12.1 Å². The fraction of sp³-hybridized carbons (Fsp3) is 0.333. The summed E-state index contributed by atoms with van der Waals surface area (Å²) in [5.41, 5.74) is 2.12. The van der Waals surface area contributed by atoms with Gasteiger partial charge in [0.2, 0.25) is 0 Å². The van der Waals surface area contributed by atoms with Gasteiger partial charge in [-0.15, -0.1) is 0 Å². The molecule has 0 saturated carbocycles. The van der Waals surface area contributed by atoms with Crippen LogP contribution in [0.15, 0.2) is 30.3 Å². The Bertz CT molecular complexity index is 602. The molecule has 4 heteroatoms. The second-order valence-corrected chi connectivity index (χ2v) is 5.51. The van der Waals surface area contributed by atoms with Gasteiger partial charge in [0.05, 0.1) is 0 Å². The summed E-state index contributed by atoms with van der Waals surface area (Å²) < 4.78 is 13.5. The third-order valence-corrected chi connectivity index (χ3v) is 2.97. The van der Waals surface area contributed by atoms with Crippen LogP contribution in [-0.4, -0.2) is 9.97 Å². The summed E-state index contributed by atoms with van der Waals surface area (Å²) in [6.45, 7) is 4.33. The average molecular weight is 276 g/mol. The van der Waals surface area contributed by atoms with Crippen LogP contribution in [0.5, 0.6) is 0 Å². The number of aromatic amines is 1. The van der Waals surface area contributed by atoms with E-state index in [0.717, 1.165) is 23.5 Å². The molecule has 1 N–H and O–H groups in total. The predicted octanol–water partition coefficient (Wildman–Crippen LogP) is 4.07. The van der Waals surface area contributed by atoms with Crippen LogP contribution in [0.3, 0.4) is 0 Å². The van der Waals surface area contributed by atoms with Gasteiger partial charge >= 0.3 is 0 Å². The van der Waals surface area contributed by atoms with E-state index < -0.39 is 0 Å². The molecular weight excluding hydrogens is 259 g/mol. The van der Waals surface area contributed by atoms with Gasteiger partial charge in [-0.1, -0.05) is 38.2 Å². The number of rotatable bonds is 4. The minimum absolute atomic E-state index is 0.224. The van der Waals surface area contributed by atoms with Gasteiger partial charge < -0.3 is 4.98 Å². The lowest BCUT2D eigenvalue weighted by atomic mass is 10.1. The Labute approximate surface area is 117 Å². The van der Waals surface area contributed by atoms with Crippen molar-refractivity contribution in [3.8, 4) is 0 Å². The number of nitrogens with zero attached hydrogens (tertiary/aromatic N) is 1. The summed E-state index contributed by atoms with van der Waals surface area (Å²) in [7, 11) is 0. The second kappa shape index (κ2) is 6.06. The normalized spacial score (nSPS) is 10.9. The van der Waals surface area contributed by atoms with Gasteiger partial charge in [0, 0.05) is 12.1 Å². The molecule has 0 aliphatic carbocycles. The van der Waals surface area contributed by atoms with E-state index in [1.807, 2.05) is 6.07 Å². The zero-order valence-corrected chi connectivity index (χ0v) is 11.9. The first kappa shape index (κ1) is 13.9. The molecular formula is C15H17FN2S. The number of nitrogens with one attached hydrogen (secondary N) is 1. The standard InChI is InChI=1S/C15H17FN2S/c1-10(2)7-13-9-15(19)18-14(17-13)8-11-3-5-12(16)6-4-11/h3-6,9-10H,7-8H2,1-2H3,(H,17,18,19). The Morgan fingerprint density at radius 2 is 1.95 bits per heavy atom. The molecule has 1 aromatic heterocycles. The Morgan fingerprint density at radius 1 is 1.26 bits per heavy atom. The summed E-state index contributed by atoms with van der Waals surface area (Å²) in [5.74, 6) is 1.17. The minimum Gasteiger partial charge on any atom is -0.347 e. The third kappa shape index (κ3) is 4.24. The van der Waals surface area contributed by atoms with Crippen molar-refractivity contribution in [1.29, 1.82) is 0 Å². The molecule has 0 radical (unpaired) electrons. The smallest absolute Gasteiger partial charge is 0.130 e. The van der Waals surface area contributed by atoms with Crippen molar-refractivity contribution in [2.45, 2.75) is 26.7 Å². The van der Waals surface area contributed by atoms with Crippen LogP contribution in [-0.2, 0) is 12.8 Å². The first-order chi connectivity index (χ1) is 9.02. The molecule has 19 heavy (non-hydrogen) atoms. The molecule has 0 atom stereocenters. The van der Waals surface area contributed by atoms with Crippen LogP contribution >= 0.6 is 12.2 Å². The zero-order chi connectivity index (χ0) is 13.8. The van der Waals surface area contributed by atoms with Crippen molar-refractivity contribution in [1.82, 2.24) is 9.97 Å². The van der Waals surface area contributed by atoms with Crippen LogP contribution in [0.1, 0.15) is 30.9 Å². The molecule has 0 saturated heterocycles. The van der Waals surface area contributed by atoms with Gasteiger partial charge in [0.15, 0.2) is 0 Å². The number of halogens is 1. The van der Waals surface area contributed by atoms with Crippen molar-refractivity contribution < 1.29 is 4.39 Å². The Kier molecular flexibility index (Phi) is 4.43. The summed E-state index contributed by atoms with van der Waals surface area (Å²) in [4.78, 5) is 7.63. The van der Waals surface area contributed by atoms with Crippen LogP contribution in [0.4, 0.5) is 4.39 Å². The van der Waals surface area contributed by atoms with Gasteiger partial charge in [-0.3, -0.25) is 0 Å². The lowest BCUT2D eigenvalue weighted by Crippen LogP contribution is -2.03. The molecule has 2 aromatic rings. The summed E-state index contributed by atoms with van der Waals surface area (Å²) in [6.07, 6.45) is 1.58. The highest BCUT2D eigenvalue weighted by molar-refractivity contribution is 7.71. The number of benzene rings is 1. The fourth-order valence-corrected chi connectivity index (χ4v) is 2.25. The van der Waals surface area contributed by atoms with Crippen molar-refractivity contribution >= 4 is 12.2 Å². The monoisotopic (exact) mass is 276 g/mol. The molecule has 0 aliphatic heterocycles. The van der Waals surface area contributed by atoms with E-state index in [1.165, 1.54) is 12.1 Å². The van der Waals surface area contributed by atoms with Gasteiger partial charge in [0.1, 0.15) is 16.3 Å². The Hall–Kier alpha value is -1.55. The van der Waals surface area contributed by atoms with Crippen molar-refractivity contribution in [2.24, 2.45) is 5.92 Å². The van der Waals surface area contributed by atoms with Crippen molar-refractivity contribution in [2.75, 3.05) is 0 Å². The van der Waals surface area contributed by atoms with Crippen LogP contribution < -0.4 is 0 Å². The topological polar surface area (TPSA) is 28.7 Å². The maximum Gasteiger partial charge on any atom is 0.130 e. The summed E-state index contributed by atoms with van der Waals surface area (Å²) in [5, 5.41) is 0. The molecule has 2 nitrogen and oxygen atoms in total.